The number of carboxylic acids is 1. The number of allylic oxidation sites excluding steroid dienone is 2. The van der Waals surface area contributed by atoms with Crippen molar-refractivity contribution >= 4 is 5.97 Å². The lowest BCUT2D eigenvalue weighted by Gasteiger charge is -2.42. The summed E-state index contributed by atoms with van der Waals surface area (Å²) in [5.41, 5.74) is 0.659. The molecule has 0 aromatic carbocycles. The Bertz CT molecular complexity index is 596. The Hall–Kier alpha value is -0.870. The molecule has 8 atom stereocenters. The van der Waals surface area contributed by atoms with Gasteiger partial charge >= 0.3 is 0 Å². The van der Waals surface area contributed by atoms with Gasteiger partial charge in [-0.3, -0.25) is 0 Å². The van der Waals surface area contributed by atoms with Crippen LogP contribution < -0.4 is 5.11 Å². The molecule has 0 aromatic rings. The van der Waals surface area contributed by atoms with Crippen molar-refractivity contribution in [1.82, 2.24) is 0 Å². The maximum absolute atomic E-state index is 10.8. The smallest absolute Gasteiger partial charge is 0.0622 e. The summed E-state index contributed by atoms with van der Waals surface area (Å²) in [5, 5.41) is 31.7. The van der Waals surface area contributed by atoms with Crippen LogP contribution in [0.3, 0.4) is 0 Å². The van der Waals surface area contributed by atoms with Crippen LogP contribution in [0.5, 0.6) is 0 Å². The van der Waals surface area contributed by atoms with Gasteiger partial charge in [0, 0.05) is 5.97 Å². The first kappa shape index (κ1) is 30.2. The first-order valence-electron chi connectivity index (χ1n) is 13.6. The lowest BCUT2D eigenvalue weighted by atomic mass is 9.66. The summed E-state index contributed by atoms with van der Waals surface area (Å²) in [6.07, 6.45) is 12.6. The van der Waals surface area contributed by atoms with E-state index >= 15 is 0 Å². The SMILES string of the molecule is C/C(=C\CCC(C)(O)CCCC(C)C(=O)[O-])CCCC(C)CCC1CC(O)C(C)C(C)C1C. The predicted octanol–water partition coefficient (Wildman–Crippen LogP) is 5.90. The van der Waals surface area contributed by atoms with E-state index in [2.05, 4.69) is 40.7 Å². The molecule has 0 amide bonds. The number of aliphatic hydroxyl groups is 2. The second-order valence-corrected chi connectivity index (χ2v) is 11.9. The van der Waals surface area contributed by atoms with E-state index in [1.54, 1.807) is 6.92 Å². The van der Waals surface area contributed by atoms with Crippen molar-refractivity contribution in [3.05, 3.63) is 11.6 Å². The third kappa shape index (κ3) is 11.4. The van der Waals surface area contributed by atoms with E-state index in [1.165, 1.54) is 31.3 Å². The van der Waals surface area contributed by atoms with Gasteiger partial charge in [-0.25, -0.2) is 0 Å². The normalized spacial score (nSPS) is 30.0. The number of hydrogen-bond acceptors (Lipinski definition) is 4. The molecule has 4 nitrogen and oxygen atoms in total. The van der Waals surface area contributed by atoms with E-state index in [1.807, 2.05) is 6.92 Å². The van der Waals surface area contributed by atoms with Gasteiger partial charge in [-0.15, -0.1) is 0 Å². The largest absolute Gasteiger partial charge is 0.550 e. The minimum absolute atomic E-state index is 0.129. The molecule has 1 aliphatic carbocycles. The van der Waals surface area contributed by atoms with Gasteiger partial charge in [-0.2, -0.15) is 0 Å². The fourth-order valence-corrected chi connectivity index (χ4v) is 5.51. The monoisotopic (exact) mass is 465 g/mol. The molecule has 1 rings (SSSR count). The van der Waals surface area contributed by atoms with Crippen molar-refractivity contribution in [2.75, 3.05) is 0 Å². The van der Waals surface area contributed by atoms with Gasteiger partial charge < -0.3 is 20.1 Å². The highest BCUT2D eigenvalue weighted by atomic mass is 16.4. The van der Waals surface area contributed by atoms with Gasteiger partial charge in [0.25, 0.3) is 0 Å². The molecule has 1 fully saturated rings. The first-order chi connectivity index (χ1) is 15.3. The van der Waals surface area contributed by atoms with Crippen LogP contribution in [0.2, 0.25) is 0 Å². The molecular weight excluding hydrogens is 412 g/mol. The van der Waals surface area contributed by atoms with Crippen molar-refractivity contribution in [3.8, 4) is 0 Å². The van der Waals surface area contributed by atoms with E-state index in [0.29, 0.717) is 49.4 Å². The van der Waals surface area contributed by atoms with Crippen molar-refractivity contribution in [1.29, 1.82) is 0 Å². The lowest BCUT2D eigenvalue weighted by Crippen LogP contribution is -2.39. The quantitative estimate of drug-likeness (QED) is 0.295. The maximum atomic E-state index is 10.8. The Morgan fingerprint density at radius 1 is 1.06 bits per heavy atom. The molecule has 8 unspecified atom stereocenters. The molecule has 0 aliphatic heterocycles. The standard InChI is InChI=1S/C29H54O4/c1-20(13-9-17-29(7,33)18-10-14-22(3)28(31)32)11-8-12-21(2)15-16-26-19-27(30)25(6)23(4)24(26)5/h13,21-27,30,33H,8-12,14-19H2,1-7H3,(H,31,32)/p-1/b20-13+. The molecule has 4 heteroatoms. The molecule has 0 radical (unpaired) electrons. The summed E-state index contributed by atoms with van der Waals surface area (Å²) in [4.78, 5) is 10.8. The second-order valence-electron chi connectivity index (χ2n) is 11.9. The number of aliphatic hydroxyl groups excluding tert-OH is 1. The molecule has 0 saturated heterocycles. The highest BCUT2D eigenvalue weighted by molar-refractivity contribution is 5.66. The highest BCUT2D eigenvalue weighted by Gasteiger charge is 2.36. The van der Waals surface area contributed by atoms with Crippen molar-refractivity contribution in [2.24, 2.45) is 35.5 Å². The summed E-state index contributed by atoms with van der Waals surface area (Å²) >= 11 is 0. The minimum Gasteiger partial charge on any atom is -0.550 e. The van der Waals surface area contributed by atoms with Crippen LogP contribution >= 0.6 is 0 Å². The van der Waals surface area contributed by atoms with Gasteiger partial charge in [0.1, 0.15) is 0 Å². The topological polar surface area (TPSA) is 80.6 Å². The van der Waals surface area contributed by atoms with Crippen LogP contribution in [0.4, 0.5) is 0 Å². The first-order valence-corrected chi connectivity index (χ1v) is 13.6. The van der Waals surface area contributed by atoms with E-state index < -0.39 is 17.5 Å². The fraction of sp³-hybridized carbons (Fsp3) is 0.897. The summed E-state index contributed by atoms with van der Waals surface area (Å²) < 4.78 is 0. The van der Waals surface area contributed by atoms with Crippen LogP contribution in [0.15, 0.2) is 11.6 Å². The van der Waals surface area contributed by atoms with Gasteiger partial charge in [0.2, 0.25) is 0 Å². The highest BCUT2D eigenvalue weighted by Crippen LogP contribution is 2.41. The average Bonchev–Trinajstić information content (AvgIpc) is 2.73. The zero-order valence-electron chi connectivity index (χ0n) is 22.6. The second kappa shape index (κ2) is 14.5. The van der Waals surface area contributed by atoms with E-state index in [0.717, 1.165) is 25.2 Å². The molecule has 0 spiro atoms. The molecular formula is C29H53O4-. The zero-order chi connectivity index (χ0) is 25.2. The fourth-order valence-electron chi connectivity index (χ4n) is 5.51. The molecule has 2 N–H and O–H groups in total. The summed E-state index contributed by atoms with van der Waals surface area (Å²) in [6.45, 7) is 15.0. The summed E-state index contributed by atoms with van der Waals surface area (Å²) in [5.74, 6) is 1.66. The Morgan fingerprint density at radius 3 is 2.36 bits per heavy atom. The van der Waals surface area contributed by atoms with Crippen molar-refractivity contribution in [3.63, 3.8) is 0 Å². The summed E-state index contributed by atoms with van der Waals surface area (Å²) in [6, 6.07) is 0. The third-order valence-corrected chi connectivity index (χ3v) is 8.78. The minimum atomic E-state index is -1.01. The van der Waals surface area contributed by atoms with E-state index in [9.17, 15) is 20.1 Å². The molecule has 1 aliphatic rings. The molecule has 194 valence electrons. The maximum Gasteiger partial charge on any atom is 0.0622 e. The molecule has 0 heterocycles. The molecule has 1 saturated carbocycles. The molecule has 0 bridgehead atoms. The molecule has 0 aromatic heterocycles. The van der Waals surface area contributed by atoms with E-state index in [-0.39, 0.29) is 6.10 Å². The Kier molecular flexibility index (Phi) is 13.3. The number of aliphatic carboxylic acids is 1. The van der Waals surface area contributed by atoms with Crippen LogP contribution in [-0.2, 0) is 4.79 Å². The van der Waals surface area contributed by atoms with Crippen molar-refractivity contribution < 1.29 is 20.1 Å². The Morgan fingerprint density at radius 2 is 1.73 bits per heavy atom. The molecule has 33 heavy (non-hydrogen) atoms. The van der Waals surface area contributed by atoms with Gasteiger partial charge in [0.15, 0.2) is 0 Å². The summed E-state index contributed by atoms with van der Waals surface area (Å²) in [7, 11) is 0. The van der Waals surface area contributed by atoms with Crippen LogP contribution in [0.25, 0.3) is 0 Å². The predicted molar refractivity (Wildman–Crippen MR) is 135 cm³/mol. The van der Waals surface area contributed by atoms with Crippen molar-refractivity contribution in [2.45, 2.75) is 131 Å². The van der Waals surface area contributed by atoms with Crippen LogP contribution in [-0.4, -0.2) is 27.9 Å². The zero-order valence-corrected chi connectivity index (χ0v) is 22.6. The van der Waals surface area contributed by atoms with Gasteiger partial charge in [-0.1, -0.05) is 59.1 Å². The lowest BCUT2D eigenvalue weighted by molar-refractivity contribution is -0.311. The number of hydrogen-bond donors (Lipinski definition) is 2. The van der Waals surface area contributed by atoms with Crippen LogP contribution in [0, 0.1) is 35.5 Å². The number of carbonyl (C=O) groups excluding carboxylic acids is 1. The number of carbonyl (C=O) groups is 1. The Labute approximate surface area is 204 Å². The van der Waals surface area contributed by atoms with Gasteiger partial charge in [-0.05, 0) is 107 Å². The number of rotatable bonds is 15. The average molecular weight is 466 g/mol. The van der Waals surface area contributed by atoms with Gasteiger partial charge in [0.05, 0.1) is 11.7 Å². The van der Waals surface area contributed by atoms with E-state index in [4.69, 9.17) is 0 Å². The Balaban J connectivity index is 2.23. The van der Waals surface area contributed by atoms with Crippen LogP contribution in [0.1, 0.15) is 119 Å². The number of carboxylic acid groups (broad SMARTS) is 1. The third-order valence-electron chi connectivity index (χ3n) is 8.78.